The van der Waals surface area contributed by atoms with Gasteiger partial charge in [-0.25, -0.2) is 0 Å². The van der Waals surface area contributed by atoms with Gasteiger partial charge in [0, 0.05) is 23.1 Å². The fourth-order valence-corrected chi connectivity index (χ4v) is 4.54. The first-order chi connectivity index (χ1) is 16.1. The van der Waals surface area contributed by atoms with Crippen molar-refractivity contribution in [1.82, 2.24) is 9.55 Å². The molecule has 0 unspecified atom stereocenters. The van der Waals surface area contributed by atoms with Gasteiger partial charge in [-0.3, -0.25) is 9.78 Å². The molecule has 0 atom stereocenters. The molecule has 0 saturated carbocycles. The Bertz CT molecular complexity index is 1210. The lowest BCUT2D eigenvalue weighted by atomic mass is 9.95. The number of pyridine rings is 1. The molecule has 4 rings (SSSR count). The summed E-state index contributed by atoms with van der Waals surface area (Å²) in [4.78, 5) is 17.2. The molecular formula is C29H31N3O. The van der Waals surface area contributed by atoms with Crippen LogP contribution in [0.1, 0.15) is 53.6 Å². The Morgan fingerprint density at radius 2 is 1.55 bits per heavy atom. The van der Waals surface area contributed by atoms with Gasteiger partial charge in [0.2, 0.25) is 0 Å². The van der Waals surface area contributed by atoms with Crippen molar-refractivity contribution in [2.24, 2.45) is 5.73 Å². The van der Waals surface area contributed by atoms with Gasteiger partial charge in [0.25, 0.3) is 5.91 Å². The number of carbonyl (C=O) groups is 1. The summed E-state index contributed by atoms with van der Waals surface area (Å²) in [5.41, 5.74) is 13.9. The summed E-state index contributed by atoms with van der Waals surface area (Å²) in [6.07, 6.45) is 6.05. The summed E-state index contributed by atoms with van der Waals surface area (Å²) >= 11 is 0. The molecule has 0 spiro atoms. The molecule has 0 bridgehead atoms. The third kappa shape index (κ3) is 4.90. The van der Waals surface area contributed by atoms with E-state index in [0.29, 0.717) is 12.1 Å². The highest BCUT2D eigenvalue weighted by atomic mass is 16.1. The zero-order valence-corrected chi connectivity index (χ0v) is 19.4. The van der Waals surface area contributed by atoms with Gasteiger partial charge in [0.15, 0.2) is 0 Å². The molecule has 4 aromatic rings. The van der Waals surface area contributed by atoms with Crippen molar-refractivity contribution in [3.63, 3.8) is 0 Å². The average molecular weight is 438 g/mol. The first-order valence-electron chi connectivity index (χ1n) is 11.7. The number of nitrogens with two attached hydrogens (primary N) is 1. The average Bonchev–Trinajstić information content (AvgIpc) is 3.12. The number of hydrogen-bond donors (Lipinski definition) is 1. The van der Waals surface area contributed by atoms with Crippen molar-refractivity contribution in [3.05, 3.63) is 102 Å². The number of primary amides is 1. The Balaban J connectivity index is 1.83. The Morgan fingerprint density at radius 3 is 2.18 bits per heavy atom. The highest BCUT2D eigenvalue weighted by Crippen LogP contribution is 2.35. The number of aromatic nitrogens is 2. The number of carbonyl (C=O) groups excluding carboxylic acids is 1. The van der Waals surface area contributed by atoms with E-state index in [2.05, 4.69) is 52.9 Å². The van der Waals surface area contributed by atoms with Crippen LogP contribution in [0.25, 0.3) is 22.3 Å². The zero-order valence-electron chi connectivity index (χ0n) is 19.4. The molecule has 2 aromatic carbocycles. The minimum Gasteiger partial charge on any atom is -0.366 e. The number of benzene rings is 2. The second kappa shape index (κ2) is 10.3. The summed E-state index contributed by atoms with van der Waals surface area (Å²) in [5, 5.41) is 0. The molecule has 168 valence electrons. The van der Waals surface area contributed by atoms with Crippen molar-refractivity contribution in [2.75, 3.05) is 0 Å². The maximum absolute atomic E-state index is 12.6. The van der Waals surface area contributed by atoms with E-state index < -0.39 is 0 Å². The Hall–Kier alpha value is -3.66. The largest absolute Gasteiger partial charge is 0.366 e. The Kier molecular flexibility index (Phi) is 7.04. The van der Waals surface area contributed by atoms with Crippen LogP contribution in [0, 0.1) is 6.92 Å². The predicted octanol–water partition coefficient (Wildman–Crippen LogP) is 6.41. The van der Waals surface area contributed by atoms with Crippen molar-refractivity contribution < 1.29 is 4.79 Å². The molecule has 2 N–H and O–H groups in total. The first-order valence-corrected chi connectivity index (χ1v) is 11.7. The first kappa shape index (κ1) is 22.5. The van der Waals surface area contributed by atoms with E-state index in [4.69, 9.17) is 5.73 Å². The molecule has 4 heteroatoms. The van der Waals surface area contributed by atoms with Crippen LogP contribution in [-0.2, 0) is 13.0 Å². The monoisotopic (exact) mass is 437 g/mol. The third-order valence-electron chi connectivity index (χ3n) is 6.22. The molecule has 33 heavy (non-hydrogen) atoms. The van der Waals surface area contributed by atoms with Gasteiger partial charge >= 0.3 is 0 Å². The maximum atomic E-state index is 12.6. The van der Waals surface area contributed by atoms with Crippen LogP contribution < -0.4 is 5.73 Å². The Morgan fingerprint density at radius 1 is 0.879 bits per heavy atom. The van der Waals surface area contributed by atoms with E-state index in [9.17, 15) is 4.79 Å². The van der Waals surface area contributed by atoms with Crippen LogP contribution in [0.5, 0.6) is 0 Å². The molecule has 4 nitrogen and oxygen atoms in total. The van der Waals surface area contributed by atoms with Gasteiger partial charge in [-0.2, -0.15) is 0 Å². The second-order valence-corrected chi connectivity index (χ2v) is 8.45. The number of unbranched alkanes of at least 4 members (excludes halogenated alkanes) is 2. The van der Waals surface area contributed by atoms with Crippen LogP contribution in [0.2, 0.25) is 0 Å². The lowest BCUT2D eigenvalue weighted by molar-refractivity contribution is 0.1000. The third-order valence-corrected chi connectivity index (χ3v) is 6.22. The van der Waals surface area contributed by atoms with E-state index in [1.807, 2.05) is 49.5 Å². The van der Waals surface area contributed by atoms with E-state index in [1.54, 1.807) is 0 Å². The SMILES string of the molecule is CCCCCc1c(-c2ccc(-c3ccccc3)cc2)c(C(N)=O)c(C)n1Cc1ccccn1. The summed E-state index contributed by atoms with van der Waals surface area (Å²) in [6.45, 7) is 4.82. The molecule has 0 saturated heterocycles. The summed E-state index contributed by atoms with van der Waals surface area (Å²) in [6, 6.07) is 24.7. The molecule has 2 heterocycles. The number of nitrogens with zero attached hydrogens (tertiary/aromatic N) is 2. The maximum Gasteiger partial charge on any atom is 0.251 e. The number of hydrogen-bond acceptors (Lipinski definition) is 2. The van der Waals surface area contributed by atoms with Crippen LogP contribution in [0.15, 0.2) is 79.0 Å². The molecule has 2 aromatic heterocycles. The van der Waals surface area contributed by atoms with Crippen LogP contribution in [0.3, 0.4) is 0 Å². The molecule has 0 radical (unpaired) electrons. The van der Waals surface area contributed by atoms with Crippen LogP contribution >= 0.6 is 0 Å². The predicted molar refractivity (Wildman–Crippen MR) is 135 cm³/mol. The van der Waals surface area contributed by atoms with Gasteiger partial charge in [-0.1, -0.05) is 80.4 Å². The minimum atomic E-state index is -0.383. The van der Waals surface area contributed by atoms with E-state index in [0.717, 1.165) is 59.5 Å². The molecule has 0 aliphatic rings. The van der Waals surface area contributed by atoms with Crippen LogP contribution in [0.4, 0.5) is 0 Å². The second-order valence-electron chi connectivity index (χ2n) is 8.45. The number of amides is 1. The molecular weight excluding hydrogens is 406 g/mol. The quantitative estimate of drug-likeness (QED) is 0.308. The summed E-state index contributed by atoms with van der Waals surface area (Å²) < 4.78 is 2.23. The fraction of sp³-hybridized carbons (Fsp3) is 0.241. The van der Waals surface area contributed by atoms with Crippen molar-refractivity contribution >= 4 is 5.91 Å². The normalized spacial score (nSPS) is 11.0. The van der Waals surface area contributed by atoms with Gasteiger partial charge in [-0.05, 0) is 48.6 Å². The lowest BCUT2D eigenvalue weighted by Crippen LogP contribution is -2.14. The number of rotatable bonds is 9. The van der Waals surface area contributed by atoms with E-state index in [-0.39, 0.29) is 5.91 Å². The van der Waals surface area contributed by atoms with Gasteiger partial charge in [0.05, 0.1) is 17.8 Å². The molecule has 1 amide bonds. The standard InChI is InChI=1S/C29H31N3O/c1-3-4-6-14-26-28(24-17-15-23(16-18-24)22-11-7-5-8-12-22)27(29(30)33)21(2)32(26)20-25-13-9-10-19-31-25/h5,7-13,15-19H,3-4,6,14,20H2,1-2H3,(H2,30,33). The topological polar surface area (TPSA) is 60.9 Å². The molecule has 0 aliphatic carbocycles. The highest BCUT2D eigenvalue weighted by Gasteiger charge is 2.24. The summed E-state index contributed by atoms with van der Waals surface area (Å²) in [5.74, 6) is -0.383. The Labute approximate surface area is 196 Å². The van der Waals surface area contributed by atoms with Crippen molar-refractivity contribution in [3.8, 4) is 22.3 Å². The minimum absolute atomic E-state index is 0.383. The van der Waals surface area contributed by atoms with E-state index in [1.165, 1.54) is 5.56 Å². The zero-order chi connectivity index (χ0) is 23.2. The van der Waals surface area contributed by atoms with Crippen molar-refractivity contribution in [1.29, 1.82) is 0 Å². The van der Waals surface area contributed by atoms with Gasteiger partial charge < -0.3 is 10.3 Å². The highest BCUT2D eigenvalue weighted by molar-refractivity contribution is 6.02. The summed E-state index contributed by atoms with van der Waals surface area (Å²) in [7, 11) is 0. The van der Waals surface area contributed by atoms with Gasteiger partial charge in [-0.15, -0.1) is 0 Å². The molecule has 0 fully saturated rings. The van der Waals surface area contributed by atoms with Gasteiger partial charge in [0.1, 0.15) is 0 Å². The lowest BCUT2D eigenvalue weighted by Gasteiger charge is -2.13. The molecule has 0 aliphatic heterocycles. The smallest absolute Gasteiger partial charge is 0.251 e. The van der Waals surface area contributed by atoms with E-state index >= 15 is 0 Å². The fourth-order valence-electron chi connectivity index (χ4n) is 4.54. The van der Waals surface area contributed by atoms with Crippen LogP contribution in [-0.4, -0.2) is 15.5 Å². The van der Waals surface area contributed by atoms with Crippen molar-refractivity contribution in [2.45, 2.75) is 46.1 Å².